The number of ether oxygens (including phenoxy) is 4. The molecule has 0 aromatic rings. The molecule has 24 heavy (non-hydrogen) atoms. The molecule has 0 aromatic heterocycles. The molecule has 0 bridgehead atoms. The van der Waals surface area contributed by atoms with E-state index in [1.165, 1.54) is 7.11 Å². The lowest BCUT2D eigenvalue weighted by molar-refractivity contribution is -0.358. The third kappa shape index (κ3) is 3.71. The maximum Gasteiger partial charge on any atom is 0.187 e. The molecule has 2 heterocycles. The van der Waals surface area contributed by atoms with Crippen LogP contribution in [0.4, 0.5) is 0 Å². The van der Waals surface area contributed by atoms with Crippen LogP contribution >= 0.6 is 0 Å². The van der Waals surface area contributed by atoms with E-state index in [1.54, 1.807) is 0 Å². The Balaban J connectivity index is 2.14. The predicted octanol–water partition coefficient (Wildman–Crippen LogP) is -4.74. The molecule has 2 rings (SSSR count). The fraction of sp³-hybridized carbons (Fsp3) is 1.00. The van der Waals surface area contributed by atoms with Crippen LogP contribution in [-0.2, 0) is 18.9 Å². The summed E-state index contributed by atoms with van der Waals surface area (Å²) in [6, 6.07) is 0. The molecule has 2 aliphatic rings. The van der Waals surface area contributed by atoms with Crippen LogP contribution in [-0.4, -0.2) is 117 Å². The molecule has 11 nitrogen and oxygen atoms in total. The van der Waals surface area contributed by atoms with E-state index in [1.807, 2.05) is 0 Å². The van der Waals surface area contributed by atoms with Gasteiger partial charge < -0.3 is 54.7 Å². The molecule has 0 amide bonds. The molecule has 0 aliphatic carbocycles. The summed E-state index contributed by atoms with van der Waals surface area (Å²) in [5.41, 5.74) is 0. The Kier molecular flexibility index (Phi) is 6.87. The van der Waals surface area contributed by atoms with E-state index >= 15 is 0 Å². The molecule has 2 saturated heterocycles. The van der Waals surface area contributed by atoms with E-state index in [0.29, 0.717) is 0 Å². The molecule has 0 radical (unpaired) electrons. The van der Waals surface area contributed by atoms with Gasteiger partial charge in [-0.1, -0.05) is 0 Å². The molecule has 10 atom stereocenters. The minimum Gasteiger partial charge on any atom is -0.394 e. The van der Waals surface area contributed by atoms with Crippen molar-refractivity contribution >= 4 is 0 Å². The van der Waals surface area contributed by atoms with Crippen LogP contribution in [0.5, 0.6) is 0 Å². The molecule has 11 heteroatoms. The summed E-state index contributed by atoms with van der Waals surface area (Å²) in [4.78, 5) is 0. The normalized spacial score (nSPS) is 50.0. The topological polar surface area (TPSA) is 179 Å². The average molecular weight is 356 g/mol. The van der Waals surface area contributed by atoms with Gasteiger partial charge in [-0.3, -0.25) is 0 Å². The van der Waals surface area contributed by atoms with Gasteiger partial charge >= 0.3 is 0 Å². The van der Waals surface area contributed by atoms with E-state index < -0.39 is 74.6 Å². The highest BCUT2D eigenvalue weighted by molar-refractivity contribution is 4.93. The van der Waals surface area contributed by atoms with Crippen LogP contribution in [0, 0.1) is 0 Å². The highest BCUT2D eigenvalue weighted by Crippen LogP contribution is 2.29. The fourth-order valence-electron chi connectivity index (χ4n) is 2.74. The summed E-state index contributed by atoms with van der Waals surface area (Å²) in [5, 5.41) is 68.1. The summed E-state index contributed by atoms with van der Waals surface area (Å²) in [6.45, 7) is -1.23. The van der Waals surface area contributed by atoms with E-state index in [4.69, 9.17) is 24.1 Å². The average Bonchev–Trinajstić information content (AvgIpc) is 2.58. The monoisotopic (exact) mass is 356 g/mol. The fourth-order valence-corrected chi connectivity index (χ4v) is 2.74. The molecule has 0 aromatic carbocycles. The van der Waals surface area contributed by atoms with E-state index in [0.717, 1.165) is 0 Å². The third-order valence-electron chi connectivity index (χ3n) is 4.19. The first-order valence-corrected chi connectivity index (χ1v) is 7.46. The van der Waals surface area contributed by atoms with Gasteiger partial charge in [-0.15, -0.1) is 0 Å². The minimum atomic E-state index is -1.70. The van der Waals surface area contributed by atoms with Crippen LogP contribution in [0.1, 0.15) is 0 Å². The maximum absolute atomic E-state index is 10.2. The minimum absolute atomic E-state index is 0.581. The van der Waals surface area contributed by atoms with Gasteiger partial charge in [-0.25, -0.2) is 0 Å². The van der Waals surface area contributed by atoms with E-state index in [2.05, 4.69) is 0 Å². The number of rotatable bonds is 5. The molecule has 2 aliphatic heterocycles. The summed E-state index contributed by atoms with van der Waals surface area (Å²) in [6.07, 6.45) is -14.4. The van der Waals surface area contributed by atoms with Crippen molar-refractivity contribution in [2.45, 2.75) is 61.4 Å². The molecule has 142 valence electrons. The van der Waals surface area contributed by atoms with Crippen molar-refractivity contribution in [3.05, 3.63) is 0 Å². The SMILES string of the molecule is CO[C@H]1O[C@H](CO)[C@@H](O)[C@H](O[C@H]2O[C@H](CO)[C@@H](O)[C@H](O)[C@H]2O)[C@H]1O. The van der Waals surface area contributed by atoms with Gasteiger partial charge in [-0.05, 0) is 0 Å². The summed E-state index contributed by atoms with van der Waals surface area (Å²) >= 11 is 0. The Morgan fingerprint density at radius 3 is 1.79 bits per heavy atom. The Bertz CT molecular complexity index is 378. The molecule has 2 fully saturated rings. The van der Waals surface area contributed by atoms with Crippen molar-refractivity contribution in [1.29, 1.82) is 0 Å². The van der Waals surface area contributed by atoms with Gasteiger partial charge in [-0.2, -0.15) is 0 Å². The standard InChI is InChI=1S/C13H24O11/c1-21-12-10(20)11(7(17)5(3-15)22-12)24-13-9(19)8(18)6(16)4(2-14)23-13/h4-20H,2-3H2,1H3/t4-,5-,6-,7-,8+,9-,10-,11+,12+,13-/m1/s1. The van der Waals surface area contributed by atoms with Gasteiger partial charge in [0.1, 0.15) is 48.8 Å². The molecule has 7 N–H and O–H groups in total. The van der Waals surface area contributed by atoms with Gasteiger partial charge in [0.15, 0.2) is 12.6 Å². The summed E-state index contributed by atoms with van der Waals surface area (Å²) < 4.78 is 20.6. The Morgan fingerprint density at radius 2 is 1.25 bits per heavy atom. The zero-order chi connectivity index (χ0) is 18.0. The van der Waals surface area contributed by atoms with Gasteiger partial charge in [0.2, 0.25) is 0 Å². The van der Waals surface area contributed by atoms with Crippen LogP contribution in [0.25, 0.3) is 0 Å². The first kappa shape index (κ1) is 19.9. The van der Waals surface area contributed by atoms with Crippen LogP contribution in [0.15, 0.2) is 0 Å². The van der Waals surface area contributed by atoms with Gasteiger partial charge in [0.05, 0.1) is 13.2 Å². The lowest BCUT2D eigenvalue weighted by Gasteiger charge is -2.45. The second-order valence-electron chi connectivity index (χ2n) is 5.74. The molecule has 0 unspecified atom stereocenters. The van der Waals surface area contributed by atoms with Gasteiger partial charge in [0, 0.05) is 7.11 Å². The van der Waals surface area contributed by atoms with Crippen LogP contribution in [0.3, 0.4) is 0 Å². The number of aliphatic hydroxyl groups is 7. The summed E-state index contributed by atoms with van der Waals surface area (Å²) in [7, 11) is 1.24. The summed E-state index contributed by atoms with van der Waals surface area (Å²) in [5.74, 6) is 0. The molecular formula is C13H24O11. The Hall–Kier alpha value is -0.440. The first-order valence-electron chi connectivity index (χ1n) is 7.46. The third-order valence-corrected chi connectivity index (χ3v) is 4.19. The van der Waals surface area contributed by atoms with Crippen molar-refractivity contribution in [2.24, 2.45) is 0 Å². The number of methoxy groups -OCH3 is 1. The number of hydrogen-bond donors (Lipinski definition) is 7. The van der Waals surface area contributed by atoms with Crippen LogP contribution in [0.2, 0.25) is 0 Å². The number of hydrogen-bond acceptors (Lipinski definition) is 11. The smallest absolute Gasteiger partial charge is 0.187 e. The van der Waals surface area contributed by atoms with Crippen molar-refractivity contribution in [2.75, 3.05) is 20.3 Å². The quantitative estimate of drug-likeness (QED) is 0.251. The zero-order valence-electron chi connectivity index (χ0n) is 13.0. The van der Waals surface area contributed by atoms with Crippen molar-refractivity contribution < 1.29 is 54.7 Å². The maximum atomic E-state index is 10.2. The van der Waals surface area contributed by atoms with Crippen molar-refractivity contribution in [3.63, 3.8) is 0 Å². The van der Waals surface area contributed by atoms with Crippen LogP contribution < -0.4 is 0 Å². The van der Waals surface area contributed by atoms with E-state index in [9.17, 15) is 30.6 Å². The first-order chi connectivity index (χ1) is 11.3. The predicted molar refractivity (Wildman–Crippen MR) is 73.4 cm³/mol. The molecular weight excluding hydrogens is 332 g/mol. The lowest BCUT2D eigenvalue weighted by Crippen LogP contribution is -2.64. The van der Waals surface area contributed by atoms with Crippen molar-refractivity contribution in [3.8, 4) is 0 Å². The van der Waals surface area contributed by atoms with E-state index in [-0.39, 0.29) is 0 Å². The second-order valence-corrected chi connectivity index (χ2v) is 5.74. The highest BCUT2D eigenvalue weighted by atomic mass is 16.7. The van der Waals surface area contributed by atoms with Gasteiger partial charge in [0.25, 0.3) is 0 Å². The highest BCUT2D eigenvalue weighted by Gasteiger charge is 2.50. The molecule has 0 saturated carbocycles. The second kappa shape index (κ2) is 8.29. The lowest BCUT2D eigenvalue weighted by atomic mass is 9.97. The zero-order valence-corrected chi connectivity index (χ0v) is 13.0. The largest absolute Gasteiger partial charge is 0.394 e. The molecule has 0 spiro atoms. The Labute approximate surface area is 137 Å². The van der Waals surface area contributed by atoms with Crippen molar-refractivity contribution in [1.82, 2.24) is 0 Å². The number of aliphatic hydroxyl groups excluding tert-OH is 7. The Morgan fingerprint density at radius 1 is 0.708 bits per heavy atom.